The van der Waals surface area contributed by atoms with Crippen molar-refractivity contribution in [2.75, 3.05) is 13.7 Å². The first-order valence-electron chi connectivity index (χ1n) is 5.36. The lowest BCUT2D eigenvalue weighted by Gasteiger charge is -2.11. The fourth-order valence-electron chi connectivity index (χ4n) is 1.71. The van der Waals surface area contributed by atoms with E-state index in [9.17, 15) is 9.59 Å². The molecule has 0 saturated carbocycles. The molecule has 17 heavy (non-hydrogen) atoms. The number of nitrogens with one attached hydrogen (secondary N) is 1. The van der Waals surface area contributed by atoms with Gasteiger partial charge in [0.1, 0.15) is 12.6 Å². The van der Waals surface area contributed by atoms with E-state index in [2.05, 4.69) is 5.32 Å². The zero-order valence-corrected chi connectivity index (χ0v) is 9.77. The van der Waals surface area contributed by atoms with Gasteiger partial charge in [0.2, 0.25) is 0 Å². The molecule has 1 N–H and O–H groups in total. The van der Waals surface area contributed by atoms with Crippen molar-refractivity contribution in [2.24, 2.45) is 0 Å². The molecule has 1 aromatic carbocycles. The monoisotopic (exact) mass is 234 g/mol. The van der Waals surface area contributed by atoms with Crippen LogP contribution in [0.2, 0.25) is 0 Å². The first-order valence-corrected chi connectivity index (χ1v) is 5.36. The summed E-state index contributed by atoms with van der Waals surface area (Å²) < 4.78 is 0. The van der Waals surface area contributed by atoms with Crippen molar-refractivity contribution in [1.29, 1.82) is 0 Å². The van der Waals surface area contributed by atoms with Crippen molar-refractivity contribution in [3.63, 3.8) is 0 Å². The van der Waals surface area contributed by atoms with E-state index in [0.29, 0.717) is 5.56 Å². The van der Waals surface area contributed by atoms with Crippen molar-refractivity contribution in [3.05, 3.63) is 35.4 Å². The molecular weight excluding hydrogens is 220 g/mol. The molecule has 90 valence electrons. The third-order valence-electron chi connectivity index (χ3n) is 2.74. The van der Waals surface area contributed by atoms with Gasteiger partial charge in [0, 0.05) is 12.6 Å². The number of aryl methyl sites for hydroxylation is 1. The van der Waals surface area contributed by atoms with E-state index >= 15 is 0 Å². The normalized spacial score (nSPS) is 19.5. The van der Waals surface area contributed by atoms with Crippen LogP contribution in [0, 0.1) is 6.92 Å². The third kappa shape index (κ3) is 2.29. The van der Waals surface area contributed by atoms with Gasteiger partial charge in [0.05, 0.1) is 0 Å². The predicted molar refractivity (Wildman–Crippen MR) is 61.2 cm³/mol. The number of hydrogen-bond acceptors (Lipinski definition) is 3. The van der Waals surface area contributed by atoms with Crippen LogP contribution in [0.1, 0.15) is 15.9 Å². The van der Waals surface area contributed by atoms with Crippen molar-refractivity contribution in [1.82, 2.24) is 10.4 Å². The van der Waals surface area contributed by atoms with Gasteiger partial charge in [0.25, 0.3) is 11.8 Å². The average molecular weight is 234 g/mol. The topological polar surface area (TPSA) is 58.6 Å². The second kappa shape index (κ2) is 4.55. The molecule has 1 heterocycles. The summed E-state index contributed by atoms with van der Waals surface area (Å²) in [7, 11) is 1.53. The molecule has 0 radical (unpaired) electrons. The maximum absolute atomic E-state index is 11.9. The summed E-state index contributed by atoms with van der Waals surface area (Å²) in [4.78, 5) is 28.5. The Morgan fingerprint density at radius 1 is 1.47 bits per heavy atom. The zero-order valence-electron chi connectivity index (χ0n) is 9.77. The summed E-state index contributed by atoms with van der Waals surface area (Å²) in [6.07, 6.45) is 0. The van der Waals surface area contributed by atoms with E-state index in [-0.39, 0.29) is 18.4 Å². The molecule has 1 aliphatic rings. The van der Waals surface area contributed by atoms with Crippen LogP contribution in [-0.4, -0.2) is 36.6 Å². The molecule has 2 amide bonds. The predicted octanol–water partition coefficient (Wildman–Crippen LogP) is 0.497. The Morgan fingerprint density at radius 3 is 2.76 bits per heavy atom. The van der Waals surface area contributed by atoms with Gasteiger partial charge in [-0.1, -0.05) is 18.2 Å². The number of rotatable bonds is 2. The van der Waals surface area contributed by atoms with Crippen molar-refractivity contribution in [2.45, 2.75) is 13.0 Å². The largest absolute Gasteiger partial charge is 0.338 e. The summed E-state index contributed by atoms with van der Waals surface area (Å²) in [5.41, 5.74) is 1.46. The molecule has 0 aromatic heterocycles. The van der Waals surface area contributed by atoms with Crippen LogP contribution in [0.3, 0.4) is 0 Å². The van der Waals surface area contributed by atoms with Crippen LogP contribution >= 0.6 is 0 Å². The summed E-state index contributed by atoms with van der Waals surface area (Å²) >= 11 is 0. The Labute approximate surface area is 99.3 Å². The summed E-state index contributed by atoms with van der Waals surface area (Å²) in [6, 6.07) is 6.65. The second-order valence-corrected chi connectivity index (χ2v) is 3.97. The second-order valence-electron chi connectivity index (χ2n) is 3.97. The number of amides is 2. The summed E-state index contributed by atoms with van der Waals surface area (Å²) in [5, 5.41) is 3.80. The average Bonchev–Trinajstić information content (AvgIpc) is 2.61. The van der Waals surface area contributed by atoms with Crippen LogP contribution in [0.4, 0.5) is 0 Å². The molecule has 0 aliphatic carbocycles. The Kier molecular flexibility index (Phi) is 3.10. The number of likely N-dealkylation sites (N-methyl/N-ethyl adjacent to an activating group) is 1. The first kappa shape index (κ1) is 11.6. The number of benzene rings is 1. The van der Waals surface area contributed by atoms with Gasteiger partial charge >= 0.3 is 0 Å². The number of carbonyl (C=O) groups excluding carboxylic acids is 2. The minimum Gasteiger partial charge on any atom is -0.338 e. The van der Waals surface area contributed by atoms with Gasteiger partial charge in [-0.3, -0.25) is 14.4 Å². The number of carbonyl (C=O) groups is 2. The Balaban J connectivity index is 2.08. The maximum Gasteiger partial charge on any atom is 0.270 e. The molecule has 1 saturated heterocycles. The summed E-state index contributed by atoms with van der Waals surface area (Å²) in [5.74, 6) is -0.479. The van der Waals surface area contributed by atoms with Crippen molar-refractivity contribution >= 4 is 11.8 Å². The third-order valence-corrected chi connectivity index (χ3v) is 2.74. The van der Waals surface area contributed by atoms with E-state index in [4.69, 9.17) is 4.84 Å². The van der Waals surface area contributed by atoms with Gasteiger partial charge < -0.3 is 5.32 Å². The molecule has 1 fully saturated rings. The van der Waals surface area contributed by atoms with Crippen LogP contribution in [0.5, 0.6) is 0 Å². The fourth-order valence-corrected chi connectivity index (χ4v) is 1.71. The van der Waals surface area contributed by atoms with Gasteiger partial charge in [-0.15, -0.1) is 0 Å². The number of nitrogens with zero attached hydrogens (tertiary/aromatic N) is 1. The molecule has 0 bridgehead atoms. The highest BCUT2D eigenvalue weighted by Gasteiger charge is 2.32. The van der Waals surface area contributed by atoms with E-state index < -0.39 is 6.04 Å². The Bertz CT molecular complexity index is 459. The fraction of sp³-hybridized carbons (Fsp3) is 0.333. The molecule has 0 unspecified atom stereocenters. The molecular formula is C12H14N2O3. The Hall–Kier alpha value is -1.88. The van der Waals surface area contributed by atoms with Crippen LogP contribution in [0.15, 0.2) is 24.3 Å². The molecule has 1 aromatic rings. The molecule has 1 atom stereocenters. The number of hydroxylamine groups is 2. The Morgan fingerprint density at radius 2 is 2.18 bits per heavy atom. The lowest BCUT2D eigenvalue weighted by Crippen LogP contribution is -2.42. The summed E-state index contributed by atoms with van der Waals surface area (Å²) in [6.45, 7) is 2.04. The van der Waals surface area contributed by atoms with Crippen LogP contribution in [0.25, 0.3) is 0 Å². The van der Waals surface area contributed by atoms with Crippen molar-refractivity contribution in [3.8, 4) is 0 Å². The smallest absolute Gasteiger partial charge is 0.270 e. The first-order chi connectivity index (χ1) is 8.09. The minimum atomic E-state index is -0.591. The van der Waals surface area contributed by atoms with E-state index in [1.165, 1.54) is 7.05 Å². The van der Waals surface area contributed by atoms with E-state index in [1.807, 2.05) is 19.1 Å². The van der Waals surface area contributed by atoms with Gasteiger partial charge in [0.15, 0.2) is 0 Å². The molecule has 2 rings (SSSR count). The quantitative estimate of drug-likeness (QED) is 0.810. The van der Waals surface area contributed by atoms with Gasteiger partial charge in [-0.2, -0.15) is 0 Å². The SMILES string of the molecule is Cc1ccccc1C(=O)N[C@@H]1CON(C)C1=O. The van der Waals surface area contributed by atoms with Gasteiger partial charge in [-0.05, 0) is 18.6 Å². The van der Waals surface area contributed by atoms with Gasteiger partial charge in [-0.25, -0.2) is 5.06 Å². The lowest BCUT2D eigenvalue weighted by molar-refractivity contribution is -0.154. The number of hydrogen-bond donors (Lipinski definition) is 1. The highest BCUT2D eigenvalue weighted by Crippen LogP contribution is 2.09. The van der Waals surface area contributed by atoms with E-state index in [1.54, 1.807) is 12.1 Å². The minimum absolute atomic E-state index is 0.187. The highest BCUT2D eigenvalue weighted by molar-refractivity contribution is 5.98. The lowest BCUT2D eigenvalue weighted by atomic mass is 10.1. The van der Waals surface area contributed by atoms with Crippen molar-refractivity contribution < 1.29 is 14.4 Å². The molecule has 0 spiro atoms. The molecule has 5 heteroatoms. The zero-order chi connectivity index (χ0) is 12.4. The standard InChI is InChI=1S/C12H14N2O3/c1-8-5-3-4-6-9(8)11(15)13-10-7-17-14(2)12(10)16/h3-6,10H,7H2,1-2H3,(H,13,15)/t10-/m1/s1. The maximum atomic E-state index is 11.9. The van der Waals surface area contributed by atoms with E-state index in [0.717, 1.165) is 10.6 Å². The molecule has 1 aliphatic heterocycles. The van der Waals surface area contributed by atoms with Crippen LogP contribution < -0.4 is 5.32 Å². The molecule has 5 nitrogen and oxygen atoms in total. The highest BCUT2D eigenvalue weighted by atomic mass is 16.7. The van der Waals surface area contributed by atoms with Crippen LogP contribution in [-0.2, 0) is 9.63 Å².